The first kappa shape index (κ1) is 16.8. The molecule has 2 aromatic rings. The van der Waals surface area contributed by atoms with E-state index in [0.717, 1.165) is 5.69 Å². The topological polar surface area (TPSA) is 67.2 Å². The van der Waals surface area contributed by atoms with E-state index >= 15 is 0 Å². The molecule has 1 aliphatic carbocycles. The fraction of sp³-hybridized carbons (Fsp3) is 0.450. The average Bonchev–Trinajstić information content (AvgIpc) is 3.31. The zero-order chi connectivity index (χ0) is 18.0. The summed E-state index contributed by atoms with van der Waals surface area (Å²) >= 11 is 0. The second-order valence-electron chi connectivity index (χ2n) is 7.33. The van der Waals surface area contributed by atoms with Gasteiger partial charge in [0.05, 0.1) is 0 Å². The van der Waals surface area contributed by atoms with Gasteiger partial charge < -0.3 is 10.2 Å². The fourth-order valence-corrected chi connectivity index (χ4v) is 3.68. The summed E-state index contributed by atoms with van der Waals surface area (Å²) in [5.74, 6) is 0.744. The van der Waals surface area contributed by atoms with E-state index < -0.39 is 5.54 Å². The lowest BCUT2D eigenvalue weighted by molar-refractivity contribution is -0.138. The summed E-state index contributed by atoms with van der Waals surface area (Å²) in [7, 11) is 0. The van der Waals surface area contributed by atoms with Gasteiger partial charge in [-0.3, -0.25) is 14.3 Å². The summed E-state index contributed by atoms with van der Waals surface area (Å²) in [4.78, 5) is 27.5. The van der Waals surface area contributed by atoms with Crippen LogP contribution in [0.3, 0.4) is 0 Å². The summed E-state index contributed by atoms with van der Waals surface area (Å²) in [6, 6.07) is 11.3. The Labute approximate surface area is 153 Å². The largest absolute Gasteiger partial charge is 0.342 e. The summed E-state index contributed by atoms with van der Waals surface area (Å²) in [5, 5.41) is 7.38. The number of benzene rings is 1. The van der Waals surface area contributed by atoms with Crippen LogP contribution in [0.15, 0.2) is 48.8 Å². The number of carbonyl (C=O) groups excluding carboxylic acids is 2. The molecule has 2 heterocycles. The van der Waals surface area contributed by atoms with Crippen LogP contribution in [0.5, 0.6) is 0 Å². The van der Waals surface area contributed by atoms with E-state index in [4.69, 9.17) is 0 Å². The highest BCUT2D eigenvalue weighted by atomic mass is 16.2. The van der Waals surface area contributed by atoms with Crippen molar-refractivity contribution in [3.8, 4) is 0 Å². The molecule has 6 heteroatoms. The highest BCUT2D eigenvalue weighted by Crippen LogP contribution is 2.35. The van der Waals surface area contributed by atoms with Gasteiger partial charge in [-0.15, -0.1) is 0 Å². The van der Waals surface area contributed by atoms with Gasteiger partial charge in [-0.05, 0) is 49.8 Å². The predicted octanol–water partition coefficient (Wildman–Crippen LogP) is 2.64. The van der Waals surface area contributed by atoms with Gasteiger partial charge >= 0.3 is 0 Å². The number of aromatic nitrogens is 2. The Morgan fingerprint density at radius 3 is 2.46 bits per heavy atom. The van der Waals surface area contributed by atoms with Crippen LogP contribution in [0.1, 0.15) is 32.1 Å². The highest BCUT2D eigenvalue weighted by molar-refractivity contribution is 5.96. The van der Waals surface area contributed by atoms with Crippen LogP contribution in [-0.4, -0.2) is 39.6 Å². The number of hydrogen-bond acceptors (Lipinski definition) is 3. The molecule has 0 radical (unpaired) electrons. The third kappa shape index (κ3) is 3.36. The zero-order valence-electron chi connectivity index (χ0n) is 14.8. The number of rotatable bonds is 5. The number of carbonyl (C=O) groups is 2. The molecule has 0 unspecified atom stereocenters. The molecule has 4 rings (SSSR count). The molecule has 6 nitrogen and oxygen atoms in total. The molecule has 0 spiro atoms. The number of nitrogens with one attached hydrogen (secondary N) is 1. The van der Waals surface area contributed by atoms with Gasteiger partial charge in [0.25, 0.3) is 5.91 Å². The number of likely N-dealkylation sites (tertiary alicyclic amines) is 1. The monoisotopic (exact) mass is 352 g/mol. The van der Waals surface area contributed by atoms with Gasteiger partial charge in [0.2, 0.25) is 5.91 Å². The van der Waals surface area contributed by atoms with Gasteiger partial charge in [0, 0.05) is 37.6 Å². The Morgan fingerprint density at radius 1 is 1.12 bits per heavy atom. The smallest absolute Gasteiger partial charge is 0.252 e. The Hall–Kier alpha value is -2.63. The number of amides is 2. The van der Waals surface area contributed by atoms with E-state index in [0.29, 0.717) is 38.3 Å². The molecule has 26 heavy (non-hydrogen) atoms. The molecule has 1 saturated carbocycles. The fourth-order valence-electron chi connectivity index (χ4n) is 3.68. The lowest BCUT2D eigenvalue weighted by Crippen LogP contribution is -2.54. The Balaban J connectivity index is 1.50. The minimum atomic E-state index is -0.754. The van der Waals surface area contributed by atoms with E-state index in [9.17, 15) is 9.59 Å². The van der Waals surface area contributed by atoms with Crippen molar-refractivity contribution in [3.05, 3.63) is 48.8 Å². The van der Waals surface area contributed by atoms with Crippen LogP contribution in [0.2, 0.25) is 0 Å². The molecular formula is C20H24N4O2. The van der Waals surface area contributed by atoms with Crippen molar-refractivity contribution in [2.75, 3.05) is 18.4 Å². The van der Waals surface area contributed by atoms with Gasteiger partial charge in [-0.2, -0.15) is 5.10 Å². The van der Waals surface area contributed by atoms with Crippen molar-refractivity contribution in [1.82, 2.24) is 14.7 Å². The van der Waals surface area contributed by atoms with Crippen LogP contribution in [-0.2, 0) is 15.1 Å². The normalized spacial score (nSPS) is 19.2. The first-order valence-electron chi connectivity index (χ1n) is 9.32. The predicted molar refractivity (Wildman–Crippen MR) is 98.4 cm³/mol. The first-order chi connectivity index (χ1) is 12.7. The van der Waals surface area contributed by atoms with Crippen LogP contribution in [0, 0.1) is 5.92 Å². The summed E-state index contributed by atoms with van der Waals surface area (Å²) in [6.07, 6.45) is 7.69. The maximum absolute atomic E-state index is 13.2. The van der Waals surface area contributed by atoms with Crippen LogP contribution in [0.25, 0.3) is 0 Å². The number of nitrogens with zero attached hydrogens (tertiary/aromatic N) is 3. The standard InChI is InChI=1S/C20H24N4O2/c25-18(15-16-7-8-16)23-13-9-20(10-14-23,24-12-4-11-21-24)19(26)22-17-5-2-1-3-6-17/h1-6,11-12,16H,7-10,13-15H2,(H,22,26). The van der Waals surface area contributed by atoms with Gasteiger partial charge in [0.15, 0.2) is 0 Å². The summed E-state index contributed by atoms with van der Waals surface area (Å²) in [5.41, 5.74) is 0.0201. The third-order valence-corrected chi connectivity index (χ3v) is 5.50. The summed E-state index contributed by atoms with van der Waals surface area (Å²) < 4.78 is 1.76. The number of hydrogen-bond donors (Lipinski definition) is 1. The molecule has 1 aliphatic heterocycles. The van der Waals surface area contributed by atoms with Crippen molar-refractivity contribution >= 4 is 17.5 Å². The molecule has 2 fully saturated rings. The maximum atomic E-state index is 13.2. The Bertz CT molecular complexity index is 760. The molecule has 1 aromatic heterocycles. The summed E-state index contributed by atoms with van der Waals surface area (Å²) in [6.45, 7) is 1.18. The molecule has 1 saturated heterocycles. The van der Waals surface area contributed by atoms with Gasteiger partial charge in [0.1, 0.15) is 5.54 Å². The van der Waals surface area contributed by atoms with Crippen molar-refractivity contribution in [2.45, 2.75) is 37.6 Å². The van der Waals surface area contributed by atoms with Gasteiger partial charge in [-0.25, -0.2) is 0 Å². The van der Waals surface area contributed by atoms with E-state index in [-0.39, 0.29) is 11.8 Å². The average molecular weight is 352 g/mol. The lowest BCUT2D eigenvalue weighted by atomic mass is 9.86. The molecule has 1 N–H and O–H groups in total. The molecule has 0 atom stereocenters. The molecule has 1 aromatic carbocycles. The molecule has 2 aliphatic rings. The first-order valence-corrected chi connectivity index (χ1v) is 9.32. The van der Waals surface area contributed by atoms with E-state index in [1.165, 1.54) is 12.8 Å². The molecular weight excluding hydrogens is 328 g/mol. The maximum Gasteiger partial charge on any atom is 0.252 e. The highest BCUT2D eigenvalue weighted by Gasteiger charge is 2.44. The lowest BCUT2D eigenvalue weighted by Gasteiger charge is -2.40. The zero-order valence-corrected chi connectivity index (χ0v) is 14.8. The second kappa shape index (κ2) is 6.94. The van der Waals surface area contributed by atoms with Gasteiger partial charge in [-0.1, -0.05) is 18.2 Å². The van der Waals surface area contributed by atoms with Crippen LogP contribution in [0.4, 0.5) is 5.69 Å². The quantitative estimate of drug-likeness (QED) is 0.899. The number of piperidine rings is 1. The van der Waals surface area contributed by atoms with Crippen molar-refractivity contribution in [1.29, 1.82) is 0 Å². The molecule has 136 valence electrons. The van der Waals surface area contributed by atoms with E-state index in [1.807, 2.05) is 47.5 Å². The third-order valence-electron chi connectivity index (χ3n) is 5.50. The minimum Gasteiger partial charge on any atom is -0.342 e. The minimum absolute atomic E-state index is 0.0679. The number of para-hydroxylation sites is 1. The van der Waals surface area contributed by atoms with Crippen LogP contribution >= 0.6 is 0 Å². The Kier molecular flexibility index (Phi) is 4.49. The SMILES string of the molecule is O=C(CC1CC1)N1CCC(C(=O)Nc2ccccc2)(n2cccn2)CC1. The van der Waals surface area contributed by atoms with Crippen LogP contribution < -0.4 is 5.32 Å². The molecule has 0 bridgehead atoms. The van der Waals surface area contributed by atoms with E-state index in [1.54, 1.807) is 10.9 Å². The van der Waals surface area contributed by atoms with Crippen molar-refractivity contribution < 1.29 is 9.59 Å². The van der Waals surface area contributed by atoms with Crippen molar-refractivity contribution in [3.63, 3.8) is 0 Å². The van der Waals surface area contributed by atoms with E-state index in [2.05, 4.69) is 10.4 Å². The van der Waals surface area contributed by atoms with Crippen molar-refractivity contribution in [2.24, 2.45) is 5.92 Å². The second-order valence-corrected chi connectivity index (χ2v) is 7.33. The number of anilines is 1. The Morgan fingerprint density at radius 2 is 1.85 bits per heavy atom. The molecule has 2 amide bonds.